The number of benzene rings is 1. The van der Waals surface area contributed by atoms with E-state index in [2.05, 4.69) is 21.6 Å². The van der Waals surface area contributed by atoms with Crippen molar-refractivity contribution >= 4 is 5.91 Å². The number of hydrogen-bond acceptors (Lipinski definition) is 6. The molecule has 1 atom stereocenters. The maximum Gasteiger partial charge on any atom is 0.287 e. The number of azo groups is 1. The molecule has 7 heteroatoms. The Labute approximate surface area is 146 Å². The molecule has 128 valence electrons. The number of piperidine rings is 1. The predicted molar refractivity (Wildman–Crippen MR) is 89.3 cm³/mol. The van der Waals surface area contributed by atoms with Crippen molar-refractivity contribution in [1.82, 2.24) is 10.2 Å². The number of carbonyl (C=O) groups is 1. The van der Waals surface area contributed by atoms with Crippen LogP contribution in [0.5, 0.6) is 5.75 Å². The average molecular weight is 337 g/mol. The number of hydrogen-bond donors (Lipinski definition) is 1. The molecule has 3 heterocycles. The molecule has 1 fully saturated rings. The fourth-order valence-corrected chi connectivity index (χ4v) is 3.57. The van der Waals surface area contributed by atoms with Crippen LogP contribution < -0.4 is 10.1 Å². The first-order valence-corrected chi connectivity index (χ1v) is 8.53. The van der Waals surface area contributed by atoms with E-state index < -0.39 is 11.8 Å². The number of nitrogens with one attached hydrogen (secondary N) is 1. The molecule has 1 aromatic carbocycles. The highest BCUT2D eigenvalue weighted by Gasteiger charge is 2.33. The van der Waals surface area contributed by atoms with E-state index >= 15 is 0 Å². The van der Waals surface area contributed by atoms with Gasteiger partial charge in [-0.2, -0.15) is 10.4 Å². The minimum atomic E-state index is -0.874. The number of nitriles is 1. The van der Waals surface area contributed by atoms with Gasteiger partial charge in [-0.25, -0.2) is 0 Å². The smallest absolute Gasteiger partial charge is 0.287 e. The molecule has 0 radical (unpaired) electrons. The number of rotatable bonds is 3. The Morgan fingerprint density at radius 1 is 1.28 bits per heavy atom. The Balaban J connectivity index is 1.55. The van der Waals surface area contributed by atoms with Crippen LogP contribution >= 0.6 is 0 Å². The van der Waals surface area contributed by atoms with E-state index in [0.29, 0.717) is 18.8 Å². The van der Waals surface area contributed by atoms with Crippen molar-refractivity contribution in [2.24, 2.45) is 16.1 Å². The zero-order chi connectivity index (χ0) is 17.2. The molecule has 1 saturated heterocycles. The van der Waals surface area contributed by atoms with Crippen LogP contribution in [0.2, 0.25) is 0 Å². The van der Waals surface area contributed by atoms with Crippen LogP contribution in [-0.4, -0.2) is 30.0 Å². The SMILES string of the molecule is N#CC1C(=O)N=NC=C1N1Cc2cccc(OC3CCNCC3)c2C1. The van der Waals surface area contributed by atoms with Crippen molar-refractivity contribution in [1.29, 1.82) is 5.26 Å². The van der Waals surface area contributed by atoms with E-state index in [1.54, 1.807) is 0 Å². The summed E-state index contributed by atoms with van der Waals surface area (Å²) in [7, 11) is 0. The molecule has 0 bridgehead atoms. The summed E-state index contributed by atoms with van der Waals surface area (Å²) in [6.07, 6.45) is 3.76. The third-order valence-electron chi connectivity index (χ3n) is 4.90. The average Bonchev–Trinajstić information content (AvgIpc) is 3.07. The second kappa shape index (κ2) is 6.65. The standard InChI is InChI=1S/C18H19N5O2/c19-8-14-16(9-21-22-18(14)24)23-10-12-2-1-3-17(15(12)11-23)25-13-4-6-20-7-5-13/h1-3,9,13-14,20H,4-7,10-11H2. The minimum absolute atomic E-state index is 0.234. The van der Waals surface area contributed by atoms with Crippen molar-refractivity contribution in [3.05, 3.63) is 41.2 Å². The van der Waals surface area contributed by atoms with Gasteiger partial charge in [0.05, 0.1) is 18.0 Å². The summed E-state index contributed by atoms with van der Waals surface area (Å²) >= 11 is 0. The first-order chi connectivity index (χ1) is 12.3. The zero-order valence-corrected chi connectivity index (χ0v) is 13.8. The molecule has 0 aliphatic carbocycles. The largest absolute Gasteiger partial charge is 0.490 e. The van der Waals surface area contributed by atoms with Crippen molar-refractivity contribution in [3.63, 3.8) is 0 Å². The van der Waals surface area contributed by atoms with Crippen LogP contribution in [0, 0.1) is 17.2 Å². The van der Waals surface area contributed by atoms with Gasteiger partial charge in [0.25, 0.3) is 5.91 Å². The Kier molecular flexibility index (Phi) is 4.20. The molecule has 1 aromatic rings. The summed E-state index contributed by atoms with van der Waals surface area (Å²) in [5, 5.41) is 19.9. The lowest BCUT2D eigenvalue weighted by Crippen LogP contribution is -2.34. The Morgan fingerprint density at radius 2 is 2.12 bits per heavy atom. The molecule has 4 rings (SSSR count). The van der Waals surface area contributed by atoms with Gasteiger partial charge in [0, 0.05) is 18.7 Å². The Morgan fingerprint density at radius 3 is 2.92 bits per heavy atom. The summed E-state index contributed by atoms with van der Waals surface area (Å²) in [5.74, 6) is -0.465. The summed E-state index contributed by atoms with van der Waals surface area (Å²) in [6, 6.07) is 8.11. The second-order valence-corrected chi connectivity index (χ2v) is 6.49. The quantitative estimate of drug-likeness (QED) is 0.912. The molecule has 0 spiro atoms. The van der Waals surface area contributed by atoms with E-state index in [0.717, 1.165) is 37.2 Å². The van der Waals surface area contributed by atoms with E-state index in [4.69, 9.17) is 4.74 Å². The van der Waals surface area contributed by atoms with E-state index in [9.17, 15) is 10.1 Å². The third-order valence-corrected chi connectivity index (χ3v) is 4.90. The normalized spacial score (nSPS) is 23.2. The highest BCUT2D eigenvalue weighted by atomic mass is 16.5. The molecule has 3 aliphatic rings. The zero-order valence-electron chi connectivity index (χ0n) is 13.8. The summed E-state index contributed by atoms with van der Waals surface area (Å²) in [4.78, 5) is 13.8. The summed E-state index contributed by atoms with van der Waals surface area (Å²) in [6.45, 7) is 3.22. The van der Waals surface area contributed by atoms with Gasteiger partial charge in [0.2, 0.25) is 0 Å². The molecule has 0 saturated carbocycles. The lowest BCUT2D eigenvalue weighted by molar-refractivity contribution is -0.120. The monoisotopic (exact) mass is 337 g/mol. The topological polar surface area (TPSA) is 90.1 Å². The van der Waals surface area contributed by atoms with Crippen molar-refractivity contribution in [3.8, 4) is 11.8 Å². The van der Waals surface area contributed by atoms with E-state index in [1.165, 1.54) is 11.8 Å². The maximum atomic E-state index is 11.8. The first-order valence-electron chi connectivity index (χ1n) is 8.53. The van der Waals surface area contributed by atoms with Crippen molar-refractivity contribution < 1.29 is 9.53 Å². The lowest BCUT2D eigenvalue weighted by atomic mass is 10.1. The van der Waals surface area contributed by atoms with Gasteiger partial charge in [-0.1, -0.05) is 12.1 Å². The molecule has 7 nitrogen and oxygen atoms in total. The van der Waals surface area contributed by atoms with Crippen LogP contribution in [-0.2, 0) is 17.9 Å². The molecular formula is C18H19N5O2. The molecule has 1 unspecified atom stereocenters. The lowest BCUT2D eigenvalue weighted by Gasteiger charge is -2.25. The van der Waals surface area contributed by atoms with Crippen LogP contribution in [0.25, 0.3) is 0 Å². The fourth-order valence-electron chi connectivity index (χ4n) is 3.57. The molecule has 25 heavy (non-hydrogen) atoms. The van der Waals surface area contributed by atoms with E-state index in [-0.39, 0.29) is 6.10 Å². The number of nitrogens with zero attached hydrogens (tertiary/aromatic N) is 4. The molecule has 3 aliphatic heterocycles. The van der Waals surface area contributed by atoms with E-state index in [1.807, 2.05) is 23.1 Å². The molecular weight excluding hydrogens is 318 g/mol. The maximum absolute atomic E-state index is 11.8. The highest BCUT2D eigenvalue weighted by Crippen LogP contribution is 2.36. The molecule has 0 aromatic heterocycles. The Hall–Kier alpha value is -2.72. The van der Waals surface area contributed by atoms with Crippen LogP contribution in [0.4, 0.5) is 0 Å². The molecule has 1 amide bonds. The minimum Gasteiger partial charge on any atom is -0.490 e. The van der Waals surface area contributed by atoms with Gasteiger partial charge in [0.15, 0.2) is 5.92 Å². The summed E-state index contributed by atoms with van der Waals surface area (Å²) in [5.41, 5.74) is 2.92. The molecule has 1 N–H and O–H groups in total. The fraction of sp³-hybridized carbons (Fsp3) is 0.444. The number of ether oxygens (including phenoxy) is 1. The van der Waals surface area contributed by atoms with Gasteiger partial charge >= 0.3 is 0 Å². The predicted octanol–water partition coefficient (Wildman–Crippen LogP) is 2.11. The van der Waals surface area contributed by atoms with Crippen LogP contribution in [0.3, 0.4) is 0 Å². The van der Waals surface area contributed by atoms with Gasteiger partial charge in [-0.15, -0.1) is 5.11 Å². The second-order valence-electron chi connectivity index (χ2n) is 6.49. The first kappa shape index (κ1) is 15.8. The van der Waals surface area contributed by atoms with Crippen LogP contribution in [0.1, 0.15) is 24.0 Å². The van der Waals surface area contributed by atoms with Crippen molar-refractivity contribution in [2.75, 3.05) is 13.1 Å². The Bertz CT molecular complexity index is 789. The van der Waals surface area contributed by atoms with Gasteiger partial charge in [0.1, 0.15) is 11.9 Å². The highest BCUT2D eigenvalue weighted by molar-refractivity contribution is 5.85. The van der Waals surface area contributed by atoms with Gasteiger partial charge in [-0.3, -0.25) is 4.79 Å². The third kappa shape index (κ3) is 3.01. The van der Waals surface area contributed by atoms with Crippen molar-refractivity contribution in [2.45, 2.75) is 32.0 Å². The van der Waals surface area contributed by atoms with Gasteiger partial charge in [-0.05, 0) is 37.6 Å². The number of carbonyl (C=O) groups excluding carboxylic acids is 1. The summed E-state index contributed by atoms with van der Waals surface area (Å²) < 4.78 is 6.25. The van der Waals surface area contributed by atoms with Gasteiger partial charge < -0.3 is 15.0 Å². The number of amides is 1. The number of fused-ring (bicyclic) bond motifs is 1. The van der Waals surface area contributed by atoms with Crippen LogP contribution in [0.15, 0.2) is 40.3 Å².